The van der Waals surface area contributed by atoms with Crippen LogP contribution in [0.5, 0.6) is 5.75 Å². The van der Waals surface area contributed by atoms with Crippen molar-refractivity contribution in [1.29, 1.82) is 0 Å². The molecule has 4 nitrogen and oxygen atoms in total. The first-order chi connectivity index (χ1) is 8.90. The highest BCUT2D eigenvalue weighted by Gasteiger charge is 2.14. The minimum atomic E-state index is -0.555. The Morgan fingerprint density at radius 2 is 2.11 bits per heavy atom. The van der Waals surface area contributed by atoms with Crippen LogP contribution in [0.3, 0.4) is 0 Å². The molecule has 0 aromatic heterocycles. The number of hydrogen-bond donors (Lipinski definition) is 2. The van der Waals surface area contributed by atoms with Crippen molar-refractivity contribution in [3.05, 3.63) is 29.8 Å². The average molecular weight is 280 g/mol. The van der Waals surface area contributed by atoms with Gasteiger partial charge in [0.1, 0.15) is 10.7 Å². The van der Waals surface area contributed by atoms with Gasteiger partial charge in [0.15, 0.2) is 6.10 Å². The van der Waals surface area contributed by atoms with E-state index in [-0.39, 0.29) is 5.91 Å². The van der Waals surface area contributed by atoms with Crippen molar-refractivity contribution in [2.24, 2.45) is 11.7 Å². The Kier molecular flexibility index (Phi) is 5.76. The van der Waals surface area contributed by atoms with E-state index < -0.39 is 6.10 Å². The van der Waals surface area contributed by atoms with Crippen LogP contribution in [-0.2, 0) is 4.79 Å². The van der Waals surface area contributed by atoms with Gasteiger partial charge < -0.3 is 15.8 Å². The Morgan fingerprint density at radius 1 is 1.42 bits per heavy atom. The van der Waals surface area contributed by atoms with Gasteiger partial charge in [0.2, 0.25) is 0 Å². The molecule has 1 aromatic rings. The number of hydrogen-bond acceptors (Lipinski definition) is 3. The molecule has 3 N–H and O–H groups in total. The third-order valence-electron chi connectivity index (χ3n) is 2.49. The maximum atomic E-state index is 11.8. The molecule has 0 fully saturated rings. The molecule has 0 heterocycles. The van der Waals surface area contributed by atoms with Crippen LogP contribution in [0.15, 0.2) is 24.3 Å². The zero-order chi connectivity index (χ0) is 14.4. The summed E-state index contributed by atoms with van der Waals surface area (Å²) >= 11 is 4.90. The number of ether oxygens (including phenoxy) is 1. The number of thiocarbonyl (C=S) groups is 1. The van der Waals surface area contributed by atoms with E-state index in [4.69, 9.17) is 22.7 Å². The van der Waals surface area contributed by atoms with Gasteiger partial charge in [0.25, 0.3) is 5.91 Å². The lowest BCUT2D eigenvalue weighted by atomic mass is 10.2. The Hall–Kier alpha value is -1.62. The third-order valence-corrected chi connectivity index (χ3v) is 2.72. The monoisotopic (exact) mass is 280 g/mol. The first kappa shape index (κ1) is 15.4. The number of nitrogens with one attached hydrogen (secondary N) is 1. The van der Waals surface area contributed by atoms with E-state index >= 15 is 0 Å². The van der Waals surface area contributed by atoms with Crippen LogP contribution in [-0.4, -0.2) is 23.5 Å². The van der Waals surface area contributed by atoms with Crippen molar-refractivity contribution < 1.29 is 9.53 Å². The van der Waals surface area contributed by atoms with Gasteiger partial charge in [-0.1, -0.05) is 38.2 Å². The van der Waals surface area contributed by atoms with Gasteiger partial charge in [0, 0.05) is 12.1 Å². The molecule has 1 rings (SSSR count). The number of rotatable bonds is 6. The summed E-state index contributed by atoms with van der Waals surface area (Å²) in [6, 6.07) is 7.10. The van der Waals surface area contributed by atoms with Gasteiger partial charge in [-0.3, -0.25) is 4.79 Å². The van der Waals surface area contributed by atoms with Crippen LogP contribution in [0, 0.1) is 5.92 Å². The molecule has 0 saturated carbocycles. The molecule has 0 saturated heterocycles. The molecule has 104 valence electrons. The topological polar surface area (TPSA) is 64.3 Å². The largest absolute Gasteiger partial charge is 0.481 e. The van der Waals surface area contributed by atoms with Crippen LogP contribution in [0.1, 0.15) is 26.3 Å². The Labute approximate surface area is 119 Å². The predicted octanol–water partition coefficient (Wildman–Crippen LogP) is 1.86. The van der Waals surface area contributed by atoms with Crippen LogP contribution in [0.25, 0.3) is 0 Å². The van der Waals surface area contributed by atoms with E-state index in [9.17, 15) is 4.79 Å². The summed E-state index contributed by atoms with van der Waals surface area (Å²) < 4.78 is 5.57. The molecule has 1 atom stereocenters. The second kappa shape index (κ2) is 7.09. The number of nitrogens with two attached hydrogens (primary N) is 1. The summed E-state index contributed by atoms with van der Waals surface area (Å²) in [5, 5.41) is 2.83. The summed E-state index contributed by atoms with van der Waals surface area (Å²) in [6.45, 7) is 6.43. The van der Waals surface area contributed by atoms with Crippen molar-refractivity contribution in [1.82, 2.24) is 5.32 Å². The number of carbonyl (C=O) groups excluding carboxylic acids is 1. The van der Waals surface area contributed by atoms with Gasteiger partial charge in [0.05, 0.1) is 0 Å². The van der Waals surface area contributed by atoms with Gasteiger partial charge in [-0.05, 0) is 25.0 Å². The molecule has 0 aliphatic rings. The summed E-state index contributed by atoms with van der Waals surface area (Å²) in [5.41, 5.74) is 6.28. The van der Waals surface area contributed by atoms with Crippen molar-refractivity contribution in [2.75, 3.05) is 6.54 Å². The molecular formula is C14H20N2O2S. The van der Waals surface area contributed by atoms with Crippen LogP contribution >= 0.6 is 12.2 Å². The molecule has 1 unspecified atom stereocenters. The van der Waals surface area contributed by atoms with Gasteiger partial charge in [-0.25, -0.2) is 0 Å². The molecule has 1 amide bonds. The number of carbonyl (C=O) groups is 1. The van der Waals surface area contributed by atoms with E-state index in [2.05, 4.69) is 5.32 Å². The zero-order valence-electron chi connectivity index (χ0n) is 11.5. The number of amides is 1. The van der Waals surface area contributed by atoms with Crippen molar-refractivity contribution >= 4 is 23.1 Å². The van der Waals surface area contributed by atoms with E-state index in [1.54, 1.807) is 31.2 Å². The maximum absolute atomic E-state index is 11.8. The normalized spacial score (nSPS) is 12.0. The minimum absolute atomic E-state index is 0.130. The molecule has 0 radical (unpaired) electrons. The lowest BCUT2D eigenvalue weighted by Crippen LogP contribution is -2.38. The Balaban J connectivity index is 2.61. The van der Waals surface area contributed by atoms with Crippen LogP contribution in [0.2, 0.25) is 0 Å². The van der Waals surface area contributed by atoms with Crippen LogP contribution < -0.4 is 15.8 Å². The van der Waals surface area contributed by atoms with E-state index in [1.807, 2.05) is 13.8 Å². The Morgan fingerprint density at radius 3 is 2.68 bits per heavy atom. The fourth-order valence-electron chi connectivity index (χ4n) is 1.43. The Bertz CT molecular complexity index is 461. The summed E-state index contributed by atoms with van der Waals surface area (Å²) in [6.07, 6.45) is -0.555. The molecule has 0 bridgehead atoms. The first-order valence-electron chi connectivity index (χ1n) is 6.24. The second-order valence-corrected chi connectivity index (χ2v) is 5.23. The fourth-order valence-corrected chi connectivity index (χ4v) is 1.56. The molecule has 1 aromatic carbocycles. The van der Waals surface area contributed by atoms with Crippen molar-refractivity contribution in [3.8, 4) is 5.75 Å². The van der Waals surface area contributed by atoms with Crippen LogP contribution in [0.4, 0.5) is 0 Å². The third kappa shape index (κ3) is 5.26. The van der Waals surface area contributed by atoms with Gasteiger partial charge in [-0.2, -0.15) is 0 Å². The summed E-state index contributed by atoms with van der Waals surface area (Å²) in [4.78, 5) is 12.1. The highest BCUT2D eigenvalue weighted by atomic mass is 32.1. The molecule has 0 spiro atoms. The molecular weight excluding hydrogens is 260 g/mol. The maximum Gasteiger partial charge on any atom is 0.260 e. The average Bonchev–Trinajstić information content (AvgIpc) is 2.36. The molecule has 0 aliphatic heterocycles. The van der Waals surface area contributed by atoms with E-state index in [1.165, 1.54) is 0 Å². The predicted molar refractivity (Wildman–Crippen MR) is 80.3 cm³/mol. The molecule has 5 heteroatoms. The zero-order valence-corrected chi connectivity index (χ0v) is 12.3. The quantitative estimate of drug-likeness (QED) is 0.781. The first-order valence-corrected chi connectivity index (χ1v) is 6.65. The molecule has 0 aliphatic carbocycles. The molecule has 19 heavy (non-hydrogen) atoms. The highest BCUT2D eigenvalue weighted by Crippen LogP contribution is 2.15. The van der Waals surface area contributed by atoms with Crippen molar-refractivity contribution in [3.63, 3.8) is 0 Å². The number of benzene rings is 1. The fraction of sp³-hybridized carbons (Fsp3) is 0.429. The summed E-state index contributed by atoms with van der Waals surface area (Å²) in [5.74, 6) is 0.862. The summed E-state index contributed by atoms with van der Waals surface area (Å²) in [7, 11) is 0. The van der Waals surface area contributed by atoms with Gasteiger partial charge >= 0.3 is 0 Å². The van der Waals surface area contributed by atoms with E-state index in [0.29, 0.717) is 23.2 Å². The lowest BCUT2D eigenvalue weighted by Gasteiger charge is -2.16. The van der Waals surface area contributed by atoms with Crippen molar-refractivity contribution in [2.45, 2.75) is 26.9 Å². The standard InChI is InChI=1S/C14H20N2O2S/c1-9(2)8-16-14(17)10(3)18-12-6-4-5-11(7-12)13(15)19/h4-7,9-10H,8H2,1-3H3,(H2,15,19)(H,16,17). The lowest BCUT2D eigenvalue weighted by molar-refractivity contribution is -0.127. The van der Waals surface area contributed by atoms with E-state index in [0.717, 1.165) is 5.56 Å². The van der Waals surface area contributed by atoms with Gasteiger partial charge in [-0.15, -0.1) is 0 Å². The highest BCUT2D eigenvalue weighted by molar-refractivity contribution is 7.80. The second-order valence-electron chi connectivity index (χ2n) is 4.79. The smallest absolute Gasteiger partial charge is 0.260 e. The minimum Gasteiger partial charge on any atom is -0.481 e. The SMILES string of the molecule is CC(C)CNC(=O)C(C)Oc1cccc(C(N)=S)c1.